The fourth-order valence-electron chi connectivity index (χ4n) is 1.67. The van der Waals surface area contributed by atoms with E-state index in [9.17, 15) is 5.11 Å². The van der Waals surface area contributed by atoms with Crippen LogP contribution in [0, 0.1) is 5.92 Å². The van der Waals surface area contributed by atoms with E-state index in [2.05, 4.69) is 19.2 Å². The van der Waals surface area contributed by atoms with Crippen molar-refractivity contribution in [1.82, 2.24) is 5.32 Å². The SMILES string of the molecule is COc1cccc(COCC(O)CNCC(C)C)c1. The summed E-state index contributed by atoms with van der Waals surface area (Å²) in [4.78, 5) is 0. The molecule has 0 aliphatic carbocycles. The number of methoxy groups -OCH3 is 1. The van der Waals surface area contributed by atoms with E-state index < -0.39 is 6.10 Å². The Morgan fingerprint density at radius 2 is 2.05 bits per heavy atom. The molecule has 1 aromatic carbocycles. The van der Waals surface area contributed by atoms with Crippen molar-refractivity contribution < 1.29 is 14.6 Å². The van der Waals surface area contributed by atoms with Gasteiger partial charge < -0.3 is 19.9 Å². The molecule has 1 atom stereocenters. The van der Waals surface area contributed by atoms with Crippen LogP contribution in [0.2, 0.25) is 0 Å². The molecule has 0 saturated heterocycles. The maximum Gasteiger partial charge on any atom is 0.119 e. The van der Waals surface area contributed by atoms with Crippen LogP contribution in [0.5, 0.6) is 5.75 Å². The highest BCUT2D eigenvalue weighted by molar-refractivity contribution is 5.27. The maximum absolute atomic E-state index is 9.73. The number of aliphatic hydroxyl groups is 1. The summed E-state index contributed by atoms with van der Waals surface area (Å²) in [5.41, 5.74) is 1.04. The van der Waals surface area contributed by atoms with Crippen LogP contribution in [-0.4, -0.2) is 38.0 Å². The van der Waals surface area contributed by atoms with Crippen molar-refractivity contribution in [2.24, 2.45) is 5.92 Å². The lowest BCUT2D eigenvalue weighted by Crippen LogP contribution is -2.32. The van der Waals surface area contributed by atoms with Crippen LogP contribution in [0.4, 0.5) is 0 Å². The molecule has 4 heteroatoms. The van der Waals surface area contributed by atoms with E-state index in [0.717, 1.165) is 17.9 Å². The van der Waals surface area contributed by atoms with Gasteiger partial charge in [0.25, 0.3) is 0 Å². The monoisotopic (exact) mass is 267 g/mol. The molecule has 0 radical (unpaired) electrons. The molecular weight excluding hydrogens is 242 g/mol. The van der Waals surface area contributed by atoms with Gasteiger partial charge in [-0.3, -0.25) is 0 Å². The topological polar surface area (TPSA) is 50.7 Å². The summed E-state index contributed by atoms with van der Waals surface area (Å²) in [5.74, 6) is 1.41. The van der Waals surface area contributed by atoms with Gasteiger partial charge in [0, 0.05) is 6.54 Å². The predicted molar refractivity (Wildman–Crippen MR) is 76.4 cm³/mol. The Bertz CT molecular complexity index is 355. The van der Waals surface area contributed by atoms with Crippen molar-refractivity contribution in [3.63, 3.8) is 0 Å². The summed E-state index contributed by atoms with van der Waals surface area (Å²) in [7, 11) is 1.64. The van der Waals surface area contributed by atoms with Gasteiger partial charge in [0.2, 0.25) is 0 Å². The Morgan fingerprint density at radius 3 is 2.74 bits per heavy atom. The molecule has 1 aromatic rings. The lowest BCUT2D eigenvalue weighted by molar-refractivity contribution is 0.0286. The van der Waals surface area contributed by atoms with Crippen LogP contribution in [-0.2, 0) is 11.3 Å². The maximum atomic E-state index is 9.73. The van der Waals surface area contributed by atoms with E-state index in [-0.39, 0.29) is 0 Å². The zero-order valence-electron chi connectivity index (χ0n) is 12.1. The molecule has 0 aliphatic heterocycles. The molecule has 108 valence electrons. The molecule has 1 unspecified atom stereocenters. The first-order valence-electron chi connectivity index (χ1n) is 6.71. The molecule has 0 saturated carbocycles. The lowest BCUT2D eigenvalue weighted by atomic mass is 10.2. The highest BCUT2D eigenvalue weighted by Crippen LogP contribution is 2.13. The smallest absolute Gasteiger partial charge is 0.119 e. The van der Waals surface area contributed by atoms with E-state index in [1.807, 2.05) is 24.3 Å². The highest BCUT2D eigenvalue weighted by atomic mass is 16.5. The molecule has 0 bridgehead atoms. The molecule has 1 rings (SSSR count). The predicted octanol–water partition coefficient (Wildman–Crippen LogP) is 1.82. The van der Waals surface area contributed by atoms with Crippen LogP contribution in [0.15, 0.2) is 24.3 Å². The fourth-order valence-corrected chi connectivity index (χ4v) is 1.67. The summed E-state index contributed by atoms with van der Waals surface area (Å²) in [6, 6.07) is 7.74. The summed E-state index contributed by atoms with van der Waals surface area (Å²) in [5, 5.41) is 12.9. The van der Waals surface area contributed by atoms with E-state index in [1.165, 1.54) is 0 Å². The number of benzene rings is 1. The highest BCUT2D eigenvalue weighted by Gasteiger charge is 2.05. The second kappa shape index (κ2) is 8.91. The van der Waals surface area contributed by atoms with Crippen LogP contribution < -0.4 is 10.1 Å². The summed E-state index contributed by atoms with van der Waals surface area (Å²) in [6.45, 7) is 6.57. The Morgan fingerprint density at radius 1 is 1.26 bits per heavy atom. The zero-order chi connectivity index (χ0) is 14.1. The Balaban J connectivity index is 2.18. The number of ether oxygens (including phenoxy) is 2. The van der Waals surface area contributed by atoms with E-state index in [1.54, 1.807) is 7.11 Å². The Labute approximate surface area is 115 Å². The molecule has 0 aliphatic rings. The van der Waals surface area contributed by atoms with Crippen molar-refractivity contribution >= 4 is 0 Å². The first-order valence-corrected chi connectivity index (χ1v) is 6.71. The summed E-state index contributed by atoms with van der Waals surface area (Å²) in [6.07, 6.45) is -0.468. The van der Waals surface area contributed by atoms with Gasteiger partial charge in [-0.15, -0.1) is 0 Å². The van der Waals surface area contributed by atoms with E-state index in [0.29, 0.717) is 25.7 Å². The van der Waals surface area contributed by atoms with Gasteiger partial charge in [-0.1, -0.05) is 26.0 Å². The molecule has 0 aromatic heterocycles. The zero-order valence-corrected chi connectivity index (χ0v) is 12.1. The molecule has 0 heterocycles. The molecule has 0 amide bonds. The van der Waals surface area contributed by atoms with Crippen LogP contribution in [0.1, 0.15) is 19.4 Å². The molecule has 0 fully saturated rings. The first kappa shape index (κ1) is 16.0. The lowest BCUT2D eigenvalue weighted by Gasteiger charge is -2.13. The second-order valence-electron chi connectivity index (χ2n) is 5.07. The number of nitrogens with one attached hydrogen (secondary N) is 1. The normalized spacial score (nSPS) is 12.7. The average molecular weight is 267 g/mol. The summed E-state index contributed by atoms with van der Waals surface area (Å²) >= 11 is 0. The van der Waals surface area contributed by atoms with Gasteiger partial charge >= 0.3 is 0 Å². The van der Waals surface area contributed by atoms with Crippen molar-refractivity contribution in [1.29, 1.82) is 0 Å². The van der Waals surface area contributed by atoms with E-state index in [4.69, 9.17) is 9.47 Å². The van der Waals surface area contributed by atoms with Crippen LogP contribution in [0.3, 0.4) is 0 Å². The van der Waals surface area contributed by atoms with Crippen LogP contribution in [0.25, 0.3) is 0 Å². The molecule has 19 heavy (non-hydrogen) atoms. The van der Waals surface area contributed by atoms with Gasteiger partial charge in [-0.2, -0.15) is 0 Å². The van der Waals surface area contributed by atoms with Gasteiger partial charge in [-0.05, 0) is 30.2 Å². The Kier molecular flexibility index (Phi) is 7.48. The second-order valence-corrected chi connectivity index (χ2v) is 5.07. The average Bonchev–Trinajstić information content (AvgIpc) is 2.38. The molecule has 4 nitrogen and oxygen atoms in total. The van der Waals surface area contributed by atoms with Crippen molar-refractivity contribution in [3.05, 3.63) is 29.8 Å². The quantitative estimate of drug-likeness (QED) is 0.716. The third-order valence-corrected chi connectivity index (χ3v) is 2.65. The third-order valence-electron chi connectivity index (χ3n) is 2.65. The van der Waals surface area contributed by atoms with Crippen LogP contribution >= 0.6 is 0 Å². The van der Waals surface area contributed by atoms with E-state index >= 15 is 0 Å². The number of hydrogen-bond donors (Lipinski definition) is 2. The minimum absolute atomic E-state index is 0.336. The Hall–Kier alpha value is -1.10. The van der Waals surface area contributed by atoms with Crippen molar-refractivity contribution in [2.45, 2.75) is 26.6 Å². The first-order chi connectivity index (χ1) is 9.11. The largest absolute Gasteiger partial charge is 0.497 e. The minimum atomic E-state index is -0.468. The van der Waals surface area contributed by atoms with Crippen molar-refractivity contribution in [2.75, 3.05) is 26.8 Å². The number of hydrogen-bond acceptors (Lipinski definition) is 4. The molecule has 2 N–H and O–H groups in total. The fraction of sp³-hybridized carbons (Fsp3) is 0.600. The minimum Gasteiger partial charge on any atom is -0.497 e. The van der Waals surface area contributed by atoms with Crippen molar-refractivity contribution in [3.8, 4) is 5.75 Å². The van der Waals surface area contributed by atoms with Gasteiger partial charge in [0.15, 0.2) is 0 Å². The van der Waals surface area contributed by atoms with Gasteiger partial charge in [-0.25, -0.2) is 0 Å². The summed E-state index contributed by atoms with van der Waals surface area (Å²) < 4.78 is 10.6. The third kappa shape index (κ3) is 7.15. The molecule has 0 spiro atoms. The van der Waals surface area contributed by atoms with Gasteiger partial charge in [0.05, 0.1) is 26.4 Å². The molecular formula is C15H25NO3. The number of rotatable bonds is 9. The standard InChI is InChI=1S/C15H25NO3/c1-12(2)8-16-9-14(17)11-19-10-13-5-4-6-15(7-13)18-3/h4-7,12,14,16-17H,8-11H2,1-3H3. The van der Waals surface area contributed by atoms with Gasteiger partial charge in [0.1, 0.15) is 5.75 Å². The number of aliphatic hydroxyl groups excluding tert-OH is 1.